The van der Waals surface area contributed by atoms with Crippen molar-refractivity contribution in [1.29, 1.82) is 5.41 Å². The van der Waals surface area contributed by atoms with Gasteiger partial charge >= 0.3 is 0 Å². The summed E-state index contributed by atoms with van der Waals surface area (Å²) in [7, 11) is 0. The molecule has 3 heterocycles. The number of amides is 1. The maximum absolute atomic E-state index is 13.0. The number of para-hydroxylation sites is 1. The Balaban J connectivity index is 1.28. The number of hydrazone groups is 1. The highest BCUT2D eigenvalue weighted by Gasteiger charge is 2.36. The van der Waals surface area contributed by atoms with Gasteiger partial charge in [-0.3, -0.25) is 10.2 Å². The molecule has 0 spiro atoms. The quantitative estimate of drug-likeness (QED) is 0.266. The van der Waals surface area contributed by atoms with Gasteiger partial charge in [-0.2, -0.15) is 15.1 Å². The SMILES string of the molecule is N=C1/C(=C/c2cn(CCOc3ccc(Cl)cc3)c3ccccc23)C(=O)N=C2SC(c3ccccc3Cl)=NN12. The van der Waals surface area contributed by atoms with E-state index in [9.17, 15) is 4.79 Å². The maximum Gasteiger partial charge on any atom is 0.283 e. The van der Waals surface area contributed by atoms with Crippen molar-refractivity contribution in [3.05, 3.63) is 106 Å². The predicted molar refractivity (Wildman–Crippen MR) is 154 cm³/mol. The lowest BCUT2D eigenvalue weighted by Gasteiger charge is -2.20. The van der Waals surface area contributed by atoms with Crippen LogP contribution in [-0.4, -0.2) is 38.1 Å². The first-order chi connectivity index (χ1) is 18.5. The summed E-state index contributed by atoms with van der Waals surface area (Å²) < 4.78 is 7.95. The van der Waals surface area contributed by atoms with Crippen LogP contribution in [0.2, 0.25) is 10.0 Å². The van der Waals surface area contributed by atoms with Gasteiger partial charge in [0.05, 0.1) is 17.1 Å². The zero-order chi connectivity index (χ0) is 26.2. The van der Waals surface area contributed by atoms with Crippen LogP contribution in [0, 0.1) is 5.41 Å². The number of thioether (sulfide) groups is 1. The van der Waals surface area contributed by atoms with Gasteiger partial charge in [-0.05, 0) is 54.2 Å². The van der Waals surface area contributed by atoms with Gasteiger partial charge in [0, 0.05) is 33.2 Å². The second kappa shape index (κ2) is 10.1. The number of nitrogens with zero attached hydrogens (tertiary/aromatic N) is 4. The first-order valence-corrected chi connectivity index (χ1v) is 13.3. The number of ether oxygens (including phenoxy) is 1. The number of aromatic nitrogens is 1. The van der Waals surface area contributed by atoms with Crippen molar-refractivity contribution in [2.24, 2.45) is 10.1 Å². The fourth-order valence-electron chi connectivity index (χ4n) is 4.26. The number of aliphatic imine (C=N–C) groups is 1. The Hall–Kier alpha value is -3.85. The molecule has 7 nitrogen and oxygen atoms in total. The molecule has 2 aliphatic heterocycles. The van der Waals surface area contributed by atoms with Crippen LogP contribution in [-0.2, 0) is 11.3 Å². The molecule has 3 aromatic carbocycles. The smallest absolute Gasteiger partial charge is 0.283 e. The van der Waals surface area contributed by atoms with Crippen molar-refractivity contribution in [1.82, 2.24) is 9.58 Å². The molecular formula is C28H19Cl2N5O2S. The fourth-order valence-corrected chi connectivity index (χ4v) is 5.60. The molecule has 10 heteroatoms. The van der Waals surface area contributed by atoms with E-state index in [0.717, 1.165) is 27.8 Å². The fraction of sp³-hybridized carbons (Fsp3) is 0.0714. The van der Waals surface area contributed by atoms with E-state index in [1.807, 2.05) is 60.8 Å². The second-order valence-corrected chi connectivity index (χ2v) is 10.3. The number of benzene rings is 3. The van der Waals surface area contributed by atoms with Crippen LogP contribution in [0.15, 0.2) is 94.7 Å². The zero-order valence-electron chi connectivity index (χ0n) is 19.8. The minimum Gasteiger partial charge on any atom is -0.492 e. The normalized spacial score (nSPS) is 16.2. The zero-order valence-corrected chi connectivity index (χ0v) is 22.1. The molecule has 0 saturated carbocycles. The molecule has 0 radical (unpaired) electrons. The van der Waals surface area contributed by atoms with Crippen LogP contribution in [0.1, 0.15) is 11.1 Å². The van der Waals surface area contributed by atoms with Gasteiger partial charge < -0.3 is 9.30 Å². The van der Waals surface area contributed by atoms with E-state index in [0.29, 0.717) is 33.4 Å². The molecule has 0 bridgehead atoms. The summed E-state index contributed by atoms with van der Waals surface area (Å²) in [6, 6.07) is 22.5. The van der Waals surface area contributed by atoms with Gasteiger partial charge in [0.25, 0.3) is 5.91 Å². The van der Waals surface area contributed by atoms with E-state index in [-0.39, 0.29) is 11.4 Å². The minimum atomic E-state index is -0.479. The van der Waals surface area contributed by atoms with Crippen LogP contribution in [0.25, 0.3) is 17.0 Å². The Morgan fingerprint density at radius 3 is 2.58 bits per heavy atom. The molecular weight excluding hydrogens is 541 g/mol. The third kappa shape index (κ3) is 4.62. The average molecular weight is 560 g/mol. The van der Waals surface area contributed by atoms with Crippen molar-refractivity contribution < 1.29 is 9.53 Å². The molecule has 1 N–H and O–H groups in total. The van der Waals surface area contributed by atoms with E-state index in [1.54, 1.807) is 24.3 Å². The Bertz CT molecular complexity index is 1690. The Kier molecular flexibility index (Phi) is 6.53. The van der Waals surface area contributed by atoms with Crippen molar-refractivity contribution in [3.63, 3.8) is 0 Å². The number of halogens is 2. The van der Waals surface area contributed by atoms with Gasteiger partial charge in [0.2, 0.25) is 5.17 Å². The Morgan fingerprint density at radius 2 is 1.76 bits per heavy atom. The summed E-state index contributed by atoms with van der Waals surface area (Å²) >= 11 is 13.5. The van der Waals surface area contributed by atoms with Crippen molar-refractivity contribution in [3.8, 4) is 5.75 Å². The molecule has 6 rings (SSSR count). The number of carbonyl (C=O) groups excluding carboxylic acids is 1. The topological polar surface area (TPSA) is 83.0 Å². The third-order valence-electron chi connectivity index (χ3n) is 6.09. The largest absolute Gasteiger partial charge is 0.492 e. The monoisotopic (exact) mass is 559 g/mol. The van der Waals surface area contributed by atoms with Crippen molar-refractivity contribution in [2.45, 2.75) is 6.54 Å². The lowest BCUT2D eigenvalue weighted by atomic mass is 10.1. The number of carbonyl (C=O) groups is 1. The summed E-state index contributed by atoms with van der Waals surface area (Å²) in [6.07, 6.45) is 3.66. The van der Waals surface area contributed by atoms with Gasteiger partial charge in [0.1, 0.15) is 17.4 Å². The predicted octanol–water partition coefficient (Wildman–Crippen LogP) is 6.69. The molecule has 0 atom stereocenters. The highest BCUT2D eigenvalue weighted by molar-refractivity contribution is 8.27. The number of nitrogens with one attached hydrogen (secondary N) is 1. The van der Waals surface area contributed by atoms with Crippen molar-refractivity contribution in [2.75, 3.05) is 6.61 Å². The molecule has 2 aliphatic rings. The van der Waals surface area contributed by atoms with E-state index in [4.69, 9.17) is 33.3 Å². The number of hydrogen-bond acceptors (Lipinski definition) is 5. The minimum absolute atomic E-state index is 0.0301. The van der Waals surface area contributed by atoms with Crippen LogP contribution < -0.4 is 4.74 Å². The first-order valence-electron chi connectivity index (χ1n) is 11.7. The molecule has 1 aromatic heterocycles. The standard InChI is InChI=1S/C28H19Cl2N5O2S/c29-18-9-11-19(12-10-18)37-14-13-34-16-17(20-5-2-4-8-24(20)34)15-22-25(31)35-28(32-26(22)36)38-27(33-35)21-6-1-3-7-23(21)30/h1-12,15-16,31H,13-14H2/b22-15-,31-25?. The first kappa shape index (κ1) is 24.5. The molecule has 0 aliphatic carbocycles. The summed E-state index contributed by atoms with van der Waals surface area (Å²) in [6.45, 7) is 1.04. The highest BCUT2D eigenvalue weighted by atomic mass is 35.5. The van der Waals surface area contributed by atoms with E-state index < -0.39 is 5.91 Å². The Labute approximate surface area is 232 Å². The van der Waals surface area contributed by atoms with E-state index in [2.05, 4.69) is 14.7 Å². The number of hydrogen-bond donors (Lipinski definition) is 1. The average Bonchev–Trinajstić information content (AvgIpc) is 3.50. The lowest BCUT2D eigenvalue weighted by molar-refractivity contribution is -0.114. The maximum atomic E-state index is 13.0. The number of amidine groups is 2. The lowest BCUT2D eigenvalue weighted by Crippen LogP contribution is -2.35. The molecule has 0 saturated heterocycles. The van der Waals surface area contributed by atoms with Gasteiger partial charge in [-0.15, -0.1) is 0 Å². The molecule has 188 valence electrons. The third-order valence-corrected chi connectivity index (χ3v) is 7.62. The molecule has 0 fully saturated rings. The number of rotatable bonds is 6. The van der Waals surface area contributed by atoms with Crippen LogP contribution in [0.3, 0.4) is 0 Å². The summed E-state index contributed by atoms with van der Waals surface area (Å²) in [5.41, 5.74) is 2.69. The van der Waals surface area contributed by atoms with E-state index >= 15 is 0 Å². The molecule has 1 amide bonds. The van der Waals surface area contributed by atoms with Crippen LogP contribution >= 0.6 is 35.0 Å². The summed E-state index contributed by atoms with van der Waals surface area (Å²) in [4.78, 5) is 17.2. The summed E-state index contributed by atoms with van der Waals surface area (Å²) in [5, 5.41) is 17.8. The van der Waals surface area contributed by atoms with Crippen LogP contribution in [0.5, 0.6) is 5.75 Å². The Morgan fingerprint density at radius 1 is 1.00 bits per heavy atom. The van der Waals surface area contributed by atoms with E-state index in [1.165, 1.54) is 16.8 Å². The van der Waals surface area contributed by atoms with Gasteiger partial charge in [0.15, 0.2) is 5.84 Å². The highest BCUT2D eigenvalue weighted by Crippen LogP contribution is 2.34. The second-order valence-electron chi connectivity index (χ2n) is 8.50. The van der Waals surface area contributed by atoms with Gasteiger partial charge in [-0.1, -0.05) is 59.6 Å². The number of fused-ring (bicyclic) bond motifs is 2. The summed E-state index contributed by atoms with van der Waals surface area (Å²) in [5.74, 6) is 0.230. The van der Waals surface area contributed by atoms with Crippen LogP contribution in [0.4, 0.5) is 0 Å². The van der Waals surface area contributed by atoms with Gasteiger partial charge in [-0.25, -0.2) is 0 Å². The molecule has 38 heavy (non-hydrogen) atoms. The molecule has 0 unspecified atom stereocenters. The molecule has 4 aromatic rings. The van der Waals surface area contributed by atoms with Crippen molar-refractivity contribution >= 4 is 73.9 Å².